The van der Waals surface area contributed by atoms with Crippen molar-refractivity contribution in [2.24, 2.45) is 0 Å². The summed E-state index contributed by atoms with van der Waals surface area (Å²) < 4.78 is 19.2. The smallest absolute Gasteiger partial charge is 0.340 e. The zero-order valence-electron chi connectivity index (χ0n) is 19.2. The van der Waals surface area contributed by atoms with Crippen molar-refractivity contribution in [3.8, 4) is 0 Å². The van der Waals surface area contributed by atoms with Gasteiger partial charge in [0.1, 0.15) is 5.82 Å². The Balaban J connectivity index is 1.63. The molecule has 0 bridgehead atoms. The molecule has 1 amide bonds. The Morgan fingerprint density at radius 1 is 1.24 bits per heavy atom. The molecule has 1 N–H and O–H groups in total. The molecule has 6 nitrogen and oxygen atoms in total. The van der Waals surface area contributed by atoms with E-state index in [1.165, 1.54) is 18.2 Å². The van der Waals surface area contributed by atoms with E-state index in [-0.39, 0.29) is 11.4 Å². The third-order valence-corrected chi connectivity index (χ3v) is 6.26. The summed E-state index contributed by atoms with van der Waals surface area (Å²) >= 11 is 5.81. The van der Waals surface area contributed by atoms with E-state index >= 15 is 0 Å². The summed E-state index contributed by atoms with van der Waals surface area (Å²) in [6, 6.07) is 11.4. The number of hydrogen-bond acceptors (Lipinski definition) is 5. The van der Waals surface area contributed by atoms with E-state index < -0.39 is 23.8 Å². The van der Waals surface area contributed by atoms with Gasteiger partial charge in [0.2, 0.25) is 0 Å². The van der Waals surface area contributed by atoms with Gasteiger partial charge in [0.25, 0.3) is 5.91 Å². The first kappa shape index (κ1) is 24.1. The van der Waals surface area contributed by atoms with Crippen LogP contribution < -0.4 is 5.32 Å². The van der Waals surface area contributed by atoms with E-state index in [0.29, 0.717) is 23.2 Å². The predicted octanol–water partition coefficient (Wildman–Crippen LogP) is 5.37. The predicted molar refractivity (Wildman–Crippen MR) is 131 cm³/mol. The largest absolute Gasteiger partial charge is 0.449 e. The number of carbonyl (C=O) groups excluding carboxylic acids is 2. The molecule has 0 radical (unpaired) electrons. The van der Waals surface area contributed by atoms with Gasteiger partial charge >= 0.3 is 5.97 Å². The second kappa shape index (κ2) is 10.5. The molecule has 0 saturated carbocycles. The zero-order valence-corrected chi connectivity index (χ0v) is 20.0. The number of ether oxygens (including phenoxy) is 1. The lowest BCUT2D eigenvalue weighted by Crippen LogP contribution is -2.35. The first-order valence-electron chi connectivity index (χ1n) is 11.5. The standard InChI is InChI=1S/C26H27ClFN3O3/c1-3-12-31-13-11-22-18(15-31)24(17-7-5-6-8-21(17)30-22)26(33)34-23(4-2)25(32)29-16-9-10-20(28)19(27)14-16/h5-10,14,23H,3-4,11-13,15H2,1-2H3,(H,29,32). The van der Waals surface area contributed by atoms with Crippen LogP contribution in [0.4, 0.5) is 10.1 Å². The maximum atomic E-state index is 13.5. The number of para-hydroxylation sites is 1. The van der Waals surface area contributed by atoms with E-state index in [1.54, 1.807) is 6.92 Å². The van der Waals surface area contributed by atoms with E-state index in [1.807, 2.05) is 24.3 Å². The summed E-state index contributed by atoms with van der Waals surface area (Å²) in [4.78, 5) is 33.5. The summed E-state index contributed by atoms with van der Waals surface area (Å²) in [7, 11) is 0. The second-order valence-corrected chi connectivity index (χ2v) is 8.78. The molecule has 0 saturated heterocycles. The van der Waals surface area contributed by atoms with Gasteiger partial charge in [-0.15, -0.1) is 0 Å². The molecule has 3 aromatic rings. The van der Waals surface area contributed by atoms with Gasteiger partial charge in [0.05, 0.1) is 16.1 Å². The van der Waals surface area contributed by atoms with Gasteiger partial charge in [-0.05, 0) is 43.7 Å². The lowest BCUT2D eigenvalue weighted by molar-refractivity contribution is -0.124. The molecule has 2 heterocycles. The molecule has 8 heteroatoms. The number of hydrogen-bond donors (Lipinski definition) is 1. The van der Waals surface area contributed by atoms with Gasteiger partial charge in [-0.1, -0.05) is 43.6 Å². The molecule has 1 aliphatic heterocycles. The molecule has 34 heavy (non-hydrogen) atoms. The van der Waals surface area contributed by atoms with Crippen molar-refractivity contribution in [2.75, 3.05) is 18.4 Å². The minimum atomic E-state index is -1.02. The highest BCUT2D eigenvalue weighted by molar-refractivity contribution is 6.31. The van der Waals surface area contributed by atoms with Crippen LogP contribution in [-0.2, 0) is 22.5 Å². The summed E-state index contributed by atoms with van der Waals surface area (Å²) in [6.07, 6.45) is 1.03. The normalized spacial score (nSPS) is 14.5. The highest BCUT2D eigenvalue weighted by Gasteiger charge is 2.29. The van der Waals surface area contributed by atoms with Crippen LogP contribution in [0.15, 0.2) is 42.5 Å². The van der Waals surface area contributed by atoms with Crippen molar-refractivity contribution < 1.29 is 18.7 Å². The molecular weight excluding hydrogens is 457 g/mol. The van der Waals surface area contributed by atoms with E-state index in [4.69, 9.17) is 21.3 Å². The third kappa shape index (κ3) is 5.05. The fraction of sp³-hybridized carbons (Fsp3) is 0.346. The first-order chi connectivity index (χ1) is 16.4. The zero-order chi connectivity index (χ0) is 24.2. The topological polar surface area (TPSA) is 71.5 Å². The van der Waals surface area contributed by atoms with Crippen molar-refractivity contribution in [1.29, 1.82) is 0 Å². The van der Waals surface area contributed by atoms with Crippen molar-refractivity contribution in [3.63, 3.8) is 0 Å². The number of carbonyl (C=O) groups is 2. The van der Waals surface area contributed by atoms with Crippen LogP contribution >= 0.6 is 11.6 Å². The minimum absolute atomic E-state index is 0.102. The van der Waals surface area contributed by atoms with Crippen molar-refractivity contribution in [1.82, 2.24) is 9.88 Å². The average molecular weight is 484 g/mol. The summed E-state index contributed by atoms with van der Waals surface area (Å²) in [5.41, 5.74) is 3.29. The maximum Gasteiger partial charge on any atom is 0.340 e. The van der Waals surface area contributed by atoms with Crippen LogP contribution in [0, 0.1) is 5.82 Å². The Morgan fingerprint density at radius 3 is 2.76 bits per heavy atom. The maximum absolute atomic E-state index is 13.5. The number of amides is 1. The average Bonchev–Trinajstić information content (AvgIpc) is 2.83. The monoisotopic (exact) mass is 483 g/mol. The van der Waals surface area contributed by atoms with Crippen LogP contribution in [0.2, 0.25) is 5.02 Å². The summed E-state index contributed by atoms with van der Waals surface area (Å²) in [5, 5.41) is 3.26. The number of anilines is 1. The summed E-state index contributed by atoms with van der Waals surface area (Å²) in [5.74, 6) is -1.63. The lowest BCUT2D eigenvalue weighted by atomic mass is 9.95. The SMILES string of the molecule is CCCN1CCc2nc3ccccc3c(C(=O)OC(CC)C(=O)Nc3ccc(F)c(Cl)c3)c2C1. The molecular formula is C26H27ClFN3O3. The number of pyridine rings is 1. The molecule has 1 atom stereocenters. The molecule has 178 valence electrons. The molecule has 0 fully saturated rings. The number of aromatic nitrogens is 1. The van der Waals surface area contributed by atoms with Crippen LogP contribution in [0.25, 0.3) is 10.9 Å². The van der Waals surface area contributed by atoms with Gasteiger partial charge in [0, 0.05) is 41.8 Å². The minimum Gasteiger partial charge on any atom is -0.449 e. The van der Waals surface area contributed by atoms with Crippen LogP contribution in [0.5, 0.6) is 0 Å². The molecule has 2 aromatic carbocycles. The van der Waals surface area contributed by atoms with Gasteiger partial charge in [-0.25, -0.2) is 9.18 Å². The Labute approximate surface area is 203 Å². The van der Waals surface area contributed by atoms with Gasteiger partial charge in [0.15, 0.2) is 6.10 Å². The number of rotatable bonds is 7. The molecule has 0 spiro atoms. The fourth-order valence-electron chi connectivity index (χ4n) is 4.29. The van der Waals surface area contributed by atoms with Gasteiger partial charge < -0.3 is 10.1 Å². The Hall–Kier alpha value is -3.03. The quantitative estimate of drug-likeness (QED) is 0.457. The highest BCUT2D eigenvalue weighted by Crippen LogP contribution is 2.29. The Kier molecular flexibility index (Phi) is 7.44. The molecule has 1 unspecified atom stereocenters. The Morgan fingerprint density at radius 2 is 2.03 bits per heavy atom. The summed E-state index contributed by atoms with van der Waals surface area (Å²) in [6.45, 7) is 6.32. The molecule has 0 aliphatic carbocycles. The van der Waals surface area contributed by atoms with Crippen LogP contribution in [0.1, 0.15) is 48.3 Å². The van der Waals surface area contributed by atoms with E-state index in [0.717, 1.165) is 42.7 Å². The number of halogens is 2. The number of benzene rings is 2. The number of nitrogens with one attached hydrogen (secondary N) is 1. The van der Waals surface area contributed by atoms with Gasteiger partial charge in [-0.3, -0.25) is 14.7 Å². The van der Waals surface area contributed by atoms with Crippen molar-refractivity contribution in [3.05, 3.63) is 70.1 Å². The van der Waals surface area contributed by atoms with Crippen LogP contribution in [0.3, 0.4) is 0 Å². The molecule has 1 aliphatic rings. The van der Waals surface area contributed by atoms with Crippen molar-refractivity contribution in [2.45, 2.75) is 45.8 Å². The molecule has 4 rings (SSSR count). The number of nitrogens with zero attached hydrogens (tertiary/aromatic N) is 2. The fourth-order valence-corrected chi connectivity index (χ4v) is 4.47. The third-order valence-electron chi connectivity index (χ3n) is 5.97. The lowest BCUT2D eigenvalue weighted by Gasteiger charge is -2.30. The molecule has 1 aromatic heterocycles. The number of fused-ring (bicyclic) bond motifs is 2. The first-order valence-corrected chi connectivity index (χ1v) is 11.9. The van der Waals surface area contributed by atoms with E-state index in [9.17, 15) is 14.0 Å². The van der Waals surface area contributed by atoms with Crippen molar-refractivity contribution >= 4 is 40.1 Å². The van der Waals surface area contributed by atoms with E-state index in [2.05, 4.69) is 17.1 Å². The highest BCUT2D eigenvalue weighted by atomic mass is 35.5. The Bertz CT molecular complexity index is 1230. The van der Waals surface area contributed by atoms with Gasteiger partial charge in [-0.2, -0.15) is 0 Å². The van der Waals surface area contributed by atoms with Crippen LogP contribution in [-0.4, -0.2) is 41.0 Å². The number of esters is 1. The second-order valence-electron chi connectivity index (χ2n) is 8.38.